The van der Waals surface area contributed by atoms with Gasteiger partial charge in [0.15, 0.2) is 0 Å². The maximum atomic E-state index is 11.4. The molecule has 0 bridgehead atoms. The van der Waals surface area contributed by atoms with Gasteiger partial charge in [0.2, 0.25) is 5.91 Å². The van der Waals surface area contributed by atoms with Crippen molar-refractivity contribution in [3.63, 3.8) is 0 Å². The van der Waals surface area contributed by atoms with Gasteiger partial charge >= 0.3 is 0 Å². The fraction of sp³-hybridized carbons (Fsp3) is 0.750. The molecule has 1 saturated carbocycles. The van der Waals surface area contributed by atoms with Crippen molar-refractivity contribution in [3.8, 4) is 0 Å². The van der Waals surface area contributed by atoms with Crippen molar-refractivity contribution in [1.82, 2.24) is 5.32 Å². The number of nitrogens with one attached hydrogen (secondary N) is 1. The van der Waals surface area contributed by atoms with Crippen LogP contribution in [0.4, 0.5) is 0 Å². The molecule has 1 fully saturated rings. The van der Waals surface area contributed by atoms with E-state index in [1.54, 1.807) is 0 Å². The minimum Gasteiger partial charge on any atom is -0.375 e. The Kier molecular flexibility index (Phi) is 5.40. The third-order valence-electron chi connectivity index (χ3n) is 2.62. The van der Waals surface area contributed by atoms with Gasteiger partial charge in [-0.15, -0.1) is 0 Å². The van der Waals surface area contributed by atoms with Gasteiger partial charge in [-0.05, 0) is 25.7 Å². The quantitative estimate of drug-likeness (QED) is 0.516. The van der Waals surface area contributed by atoms with Gasteiger partial charge in [-0.25, -0.2) is 0 Å². The predicted octanol–water partition coefficient (Wildman–Crippen LogP) is 1.89. The summed E-state index contributed by atoms with van der Waals surface area (Å²) in [5.74, 6) is 0.806. The van der Waals surface area contributed by atoms with Crippen LogP contribution in [0.25, 0.3) is 0 Å². The zero-order valence-electron chi connectivity index (χ0n) is 9.55. The first-order chi connectivity index (χ1) is 7.18. The van der Waals surface area contributed by atoms with E-state index in [4.69, 9.17) is 4.74 Å². The van der Waals surface area contributed by atoms with E-state index in [0.29, 0.717) is 32.1 Å². The fourth-order valence-electron chi connectivity index (χ4n) is 1.54. The van der Waals surface area contributed by atoms with Gasteiger partial charge in [-0.2, -0.15) is 0 Å². The molecule has 0 unspecified atom stereocenters. The average Bonchev–Trinajstić information content (AvgIpc) is 2.10. The highest BCUT2D eigenvalue weighted by molar-refractivity contribution is 5.76. The molecular weight excluding hydrogens is 190 g/mol. The minimum absolute atomic E-state index is 0.165. The summed E-state index contributed by atoms with van der Waals surface area (Å²) < 4.78 is 5.28. The van der Waals surface area contributed by atoms with E-state index in [0.717, 1.165) is 5.57 Å². The molecule has 15 heavy (non-hydrogen) atoms. The normalized spacial score (nSPS) is 15.8. The average molecular weight is 211 g/mol. The van der Waals surface area contributed by atoms with Gasteiger partial charge in [-0.1, -0.05) is 18.6 Å². The van der Waals surface area contributed by atoms with E-state index in [-0.39, 0.29) is 5.91 Å². The SMILES string of the molecule is C=C(C)COCCNC(=O)CC1CCC1. The van der Waals surface area contributed by atoms with Crippen LogP contribution in [0.5, 0.6) is 0 Å². The van der Waals surface area contributed by atoms with Gasteiger partial charge in [0, 0.05) is 13.0 Å². The molecule has 0 heterocycles. The summed E-state index contributed by atoms with van der Waals surface area (Å²) in [7, 11) is 0. The first kappa shape index (κ1) is 12.2. The number of hydrogen-bond donors (Lipinski definition) is 1. The molecule has 1 amide bonds. The highest BCUT2D eigenvalue weighted by Gasteiger charge is 2.20. The molecule has 86 valence electrons. The monoisotopic (exact) mass is 211 g/mol. The van der Waals surface area contributed by atoms with E-state index in [2.05, 4.69) is 11.9 Å². The van der Waals surface area contributed by atoms with Crippen LogP contribution in [-0.2, 0) is 9.53 Å². The topological polar surface area (TPSA) is 38.3 Å². The van der Waals surface area contributed by atoms with Crippen LogP contribution in [-0.4, -0.2) is 25.7 Å². The molecule has 3 heteroatoms. The molecule has 0 saturated heterocycles. The Morgan fingerprint density at radius 1 is 1.53 bits per heavy atom. The molecular formula is C12H21NO2. The third-order valence-corrected chi connectivity index (χ3v) is 2.62. The molecule has 0 atom stereocenters. The number of carbonyl (C=O) groups is 1. The van der Waals surface area contributed by atoms with Gasteiger partial charge in [0.1, 0.15) is 0 Å². The number of amides is 1. The first-order valence-electron chi connectivity index (χ1n) is 5.67. The van der Waals surface area contributed by atoms with Crippen molar-refractivity contribution in [2.75, 3.05) is 19.8 Å². The van der Waals surface area contributed by atoms with E-state index in [1.165, 1.54) is 19.3 Å². The summed E-state index contributed by atoms with van der Waals surface area (Å²) in [4.78, 5) is 11.4. The lowest BCUT2D eigenvalue weighted by atomic mass is 9.83. The molecule has 0 aliphatic heterocycles. The van der Waals surface area contributed by atoms with Crippen LogP contribution < -0.4 is 5.32 Å². The second-order valence-electron chi connectivity index (χ2n) is 4.36. The molecule has 0 spiro atoms. The largest absolute Gasteiger partial charge is 0.375 e. The molecule has 0 aromatic heterocycles. The van der Waals surface area contributed by atoms with Gasteiger partial charge in [0.25, 0.3) is 0 Å². The standard InChI is InChI=1S/C12H21NO2/c1-10(2)9-15-7-6-13-12(14)8-11-4-3-5-11/h11H,1,3-9H2,2H3,(H,13,14). The lowest BCUT2D eigenvalue weighted by molar-refractivity contribution is -0.122. The van der Waals surface area contributed by atoms with Crippen molar-refractivity contribution in [2.24, 2.45) is 5.92 Å². The lowest BCUT2D eigenvalue weighted by Gasteiger charge is -2.24. The zero-order chi connectivity index (χ0) is 11.1. The molecule has 0 radical (unpaired) electrons. The minimum atomic E-state index is 0.165. The second kappa shape index (κ2) is 6.62. The predicted molar refractivity (Wildman–Crippen MR) is 60.6 cm³/mol. The van der Waals surface area contributed by atoms with Crippen molar-refractivity contribution in [1.29, 1.82) is 0 Å². The summed E-state index contributed by atoms with van der Waals surface area (Å²) in [5.41, 5.74) is 1.01. The summed E-state index contributed by atoms with van der Waals surface area (Å²) in [6.45, 7) is 7.42. The van der Waals surface area contributed by atoms with Crippen LogP contribution >= 0.6 is 0 Å². The Morgan fingerprint density at radius 2 is 2.27 bits per heavy atom. The molecule has 1 aliphatic rings. The molecule has 0 aromatic rings. The van der Waals surface area contributed by atoms with Crippen LogP contribution in [0.2, 0.25) is 0 Å². The molecule has 1 aliphatic carbocycles. The number of rotatable bonds is 7. The number of carbonyl (C=O) groups excluding carboxylic acids is 1. The highest BCUT2D eigenvalue weighted by atomic mass is 16.5. The maximum Gasteiger partial charge on any atom is 0.220 e. The summed E-state index contributed by atoms with van der Waals surface area (Å²) in [6.07, 6.45) is 4.43. The smallest absolute Gasteiger partial charge is 0.220 e. The van der Waals surface area contributed by atoms with Crippen LogP contribution in [0, 0.1) is 5.92 Å². The van der Waals surface area contributed by atoms with Gasteiger partial charge in [-0.3, -0.25) is 4.79 Å². The van der Waals surface area contributed by atoms with E-state index in [9.17, 15) is 4.79 Å². The van der Waals surface area contributed by atoms with Gasteiger partial charge < -0.3 is 10.1 Å². The Bertz CT molecular complexity index is 222. The molecule has 1 rings (SSSR count). The molecule has 3 nitrogen and oxygen atoms in total. The van der Waals surface area contributed by atoms with Crippen molar-refractivity contribution < 1.29 is 9.53 Å². The van der Waals surface area contributed by atoms with Crippen LogP contribution in [0.15, 0.2) is 12.2 Å². The van der Waals surface area contributed by atoms with E-state index >= 15 is 0 Å². The summed E-state index contributed by atoms with van der Waals surface area (Å²) in [6, 6.07) is 0. The Morgan fingerprint density at radius 3 is 2.80 bits per heavy atom. The first-order valence-corrected chi connectivity index (χ1v) is 5.67. The Hall–Kier alpha value is -0.830. The number of ether oxygens (including phenoxy) is 1. The van der Waals surface area contributed by atoms with E-state index in [1.807, 2.05) is 6.92 Å². The second-order valence-corrected chi connectivity index (χ2v) is 4.36. The maximum absolute atomic E-state index is 11.4. The lowest BCUT2D eigenvalue weighted by Crippen LogP contribution is -2.30. The molecule has 1 N–H and O–H groups in total. The van der Waals surface area contributed by atoms with Crippen molar-refractivity contribution in [2.45, 2.75) is 32.6 Å². The highest BCUT2D eigenvalue weighted by Crippen LogP contribution is 2.28. The van der Waals surface area contributed by atoms with Crippen molar-refractivity contribution in [3.05, 3.63) is 12.2 Å². The summed E-state index contributed by atoms with van der Waals surface area (Å²) >= 11 is 0. The van der Waals surface area contributed by atoms with Gasteiger partial charge in [0.05, 0.1) is 13.2 Å². The van der Waals surface area contributed by atoms with E-state index < -0.39 is 0 Å². The van der Waals surface area contributed by atoms with Crippen LogP contribution in [0.3, 0.4) is 0 Å². The Balaban J connectivity index is 1.90. The summed E-state index contributed by atoms with van der Waals surface area (Å²) in [5, 5.41) is 2.86. The molecule has 0 aromatic carbocycles. The fourth-order valence-corrected chi connectivity index (χ4v) is 1.54. The Labute approximate surface area is 91.9 Å². The number of hydrogen-bond acceptors (Lipinski definition) is 2. The van der Waals surface area contributed by atoms with Crippen LogP contribution in [0.1, 0.15) is 32.6 Å². The zero-order valence-corrected chi connectivity index (χ0v) is 9.55. The third kappa shape index (κ3) is 5.57. The van der Waals surface area contributed by atoms with Crippen molar-refractivity contribution >= 4 is 5.91 Å².